The average Bonchev–Trinajstić information content (AvgIpc) is 3.44. The molecule has 2 aromatic rings. The number of rotatable bonds is 5. The SMILES string of the molecule is CC(=O)c1ccc(-c2cc(Cl)c3c(c2)CC(CNC(=O)[C@@H]2CCCN2C(C)=O)O3)s1. The van der Waals surface area contributed by atoms with E-state index < -0.39 is 6.04 Å². The van der Waals surface area contributed by atoms with Crippen LogP contribution in [0.1, 0.15) is 41.9 Å². The van der Waals surface area contributed by atoms with Crippen molar-refractivity contribution in [3.63, 3.8) is 0 Å². The molecule has 8 heteroatoms. The molecule has 158 valence electrons. The van der Waals surface area contributed by atoms with Crippen molar-refractivity contribution in [2.24, 2.45) is 0 Å². The maximum Gasteiger partial charge on any atom is 0.242 e. The van der Waals surface area contributed by atoms with E-state index in [9.17, 15) is 14.4 Å². The summed E-state index contributed by atoms with van der Waals surface area (Å²) in [7, 11) is 0. The van der Waals surface area contributed by atoms with Crippen LogP contribution >= 0.6 is 22.9 Å². The van der Waals surface area contributed by atoms with Crippen LogP contribution in [0.25, 0.3) is 10.4 Å². The lowest BCUT2D eigenvalue weighted by atomic mass is 10.1. The summed E-state index contributed by atoms with van der Waals surface area (Å²) in [4.78, 5) is 39.1. The second-order valence-electron chi connectivity index (χ2n) is 7.73. The first-order chi connectivity index (χ1) is 14.3. The maximum atomic E-state index is 12.5. The first kappa shape index (κ1) is 20.9. The van der Waals surface area contributed by atoms with Crippen molar-refractivity contribution in [2.45, 2.75) is 45.3 Å². The maximum absolute atomic E-state index is 12.5. The molecule has 4 rings (SSSR count). The van der Waals surface area contributed by atoms with Gasteiger partial charge < -0.3 is 15.0 Å². The number of halogens is 1. The topological polar surface area (TPSA) is 75.7 Å². The standard InChI is InChI=1S/C22H23ClN2O4S/c1-12(26)19-5-6-20(30-19)14-8-15-9-16(29-21(15)17(23)10-14)11-24-22(28)18-4-3-7-25(18)13(2)27/h5-6,8,10,16,18H,3-4,7,9,11H2,1-2H3,(H,24,28)/t16?,18-/m0/s1. The molecular formula is C22H23ClN2O4S. The average molecular weight is 447 g/mol. The number of hydrogen-bond donors (Lipinski definition) is 1. The van der Waals surface area contributed by atoms with E-state index >= 15 is 0 Å². The number of carbonyl (C=O) groups excluding carboxylic acids is 3. The Hall–Kier alpha value is -2.38. The molecule has 2 aliphatic heterocycles. The Morgan fingerprint density at radius 3 is 2.77 bits per heavy atom. The lowest BCUT2D eigenvalue weighted by Crippen LogP contribution is -2.47. The Bertz CT molecular complexity index is 1020. The van der Waals surface area contributed by atoms with Crippen LogP contribution in [-0.2, 0) is 16.0 Å². The Kier molecular flexibility index (Phi) is 5.84. The Labute approximate surface area is 184 Å². The number of nitrogens with one attached hydrogen (secondary N) is 1. The summed E-state index contributed by atoms with van der Waals surface area (Å²) in [5.41, 5.74) is 1.94. The zero-order chi connectivity index (χ0) is 21.4. The number of thiophene rings is 1. The number of amides is 2. The highest BCUT2D eigenvalue weighted by atomic mass is 35.5. The van der Waals surface area contributed by atoms with Crippen LogP contribution in [0.3, 0.4) is 0 Å². The molecule has 1 saturated heterocycles. The summed E-state index contributed by atoms with van der Waals surface area (Å²) in [6.45, 7) is 4.04. The number of ketones is 1. The highest BCUT2D eigenvalue weighted by molar-refractivity contribution is 7.17. The highest BCUT2D eigenvalue weighted by Gasteiger charge is 2.33. The molecule has 0 aliphatic carbocycles. The van der Waals surface area contributed by atoms with Gasteiger partial charge in [-0.05, 0) is 49.6 Å². The number of Topliss-reactive ketones (excluding diaryl/α,β-unsaturated/α-hetero) is 1. The van der Waals surface area contributed by atoms with Gasteiger partial charge in [-0.1, -0.05) is 11.6 Å². The van der Waals surface area contributed by atoms with Gasteiger partial charge in [0.1, 0.15) is 17.9 Å². The second kappa shape index (κ2) is 8.40. The van der Waals surface area contributed by atoms with Crippen LogP contribution in [0.4, 0.5) is 0 Å². The molecule has 1 fully saturated rings. The Balaban J connectivity index is 1.42. The molecule has 3 heterocycles. The van der Waals surface area contributed by atoms with Crippen molar-refractivity contribution >= 4 is 40.5 Å². The minimum atomic E-state index is -0.393. The number of benzene rings is 1. The van der Waals surface area contributed by atoms with E-state index in [1.807, 2.05) is 24.3 Å². The summed E-state index contributed by atoms with van der Waals surface area (Å²) in [6.07, 6.45) is 1.96. The van der Waals surface area contributed by atoms with Crippen LogP contribution in [0.5, 0.6) is 5.75 Å². The Morgan fingerprint density at radius 1 is 1.27 bits per heavy atom. The predicted molar refractivity (Wildman–Crippen MR) is 116 cm³/mol. The number of ether oxygens (including phenoxy) is 1. The molecule has 2 amide bonds. The molecule has 2 aliphatic rings. The van der Waals surface area contributed by atoms with E-state index in [-0.39, 0.29) is 23.7 Å². The van der Waals surface area contributed by atoms with Crippen LogP contribution in [0, 0.1) is 0 Å². The molecule has 0 bridgehead atoms. The van der Waals surface area contributed by atoms with E-state index in [1.54, 1.807) is 11.8 Å². The van der Waals surface area contributed by atoms with Crippen molar-refractivity contribution in [1.82, 2.24) is 10.2 Å². The second-order valence-corrected chi connectivity index (χ2v) is 9.22. The van der Waals surface area contributed by atoms with Gasteiger partial charge in [-0.2, -0.15) is 0 Å². The molecular weight excluding hydrogens is 424 g/mol. The van der Waals surface area contributed by atoms with Crippen molar-refractivity contribution in [2.75, 3.05) is 13.1 Å². The third kappa shape index (κ3) is 4.09. The smallest absolute Gasteiger partial charge is 0.242 e. The summed E-state index contributed by atoms with van der Waals surface area (Å²) in [5.74, 6) is 0.486. The van der Waals surface area contributed by atoms with E-state index in [0.29, 0.717) is 41.6 Å². The molecule has 6 nitrogen and oxygen atoms in total. The molecule has 0 saturated carbocycles. The van der Waals surface area contributed by atoms with E-state index in [2.05, 4.69) is 5.32 Å². The van der Waals surface area contributed by atoms with E-state index in [1.165, 1.54) is 18.3 Å². The zero-order valence-electron chi connectivity index (χ0n) is 16.9. The summed E-state index contributed by atoms with van der Waals surface area (Å²) < 4.78 is 5.98. The number of nitrogens with zero attached hydrogens (tertiary/aromatic N) is 1. The third-order valence-electron chi connectivity index (χ3n) is 5.55. The van der Waals surface area contributed by atoms with Gasteiger partial charge in [0, 0.05) is 30.3 Å². The van der Waals surface area contributed by atoms with E-state index in [0.717, 1.165) is 22.4 Å². The van der Waals surface area contributed by atoms with Crippen LogP contribution in [0.2, 0.25) is 5.02 Å². The van der Waals surface area contributed by atoms with Gasteiger partial charge >= 0.3 is 0 Å². The summed E-state index contributed by atoms with van der Waals surface area (Å²) in [6, 6.07) is 7.24. The molecule has 2 atom stereocenters. The minimum absolute atomic E-state index is 0.0447. The number of fused-ring (bicyclic) bond motifs is 1. The molecule has 0 radical (unpaired) electrons. The molecule has 0 spiro atoms. The van der Waals surface area contributed by atoms with Gasteiger partial charge in [-0.15, -0.1) is 11.3 Å². The predicted octanol–water partition coefficient (Wildman–Crippen LogP) is 3.70. The quantitative estimate of drug-likeness (QED) is 0.710. The number of carbonyl (C=O) groups is 3. The van der Waals surface area contributed by atoms with Gasteiger partial charge in [0.05, 0.1) is 16.4 Å². The molecule has 1 aromatic carbocycles. The van der Waals surface area contributed by atoms with Crippen molar-refractivity contribution in [1.29, 1.82) is 0 Å². The number of hydrogen-bond acceptors (Lipinski definition) is 5. The first-order valence-electron chi connectivity index (χ1n) is 9.98. The monoisotopic (exact) mass is 446 g/mol. The van der Waals surface area contributed by atoms with Crippen LogP contribution in [0.15, 0.2) is 24.3 Å². The molecule has 1 N–H and O–H groups in total. The lowest BCUT2D eigenvalue weighted by molar-refractivity contribution is -0.137. The van der Waals surface area contributed by atoms with Gasteiger partial charge in [-0.3, -0.25) is 14.4 Å². The Morgan fingerprint density at radius 2 is 2.07 bits per heavy atom. The summed E-state index contributed by atoms with van der Waals surface area (Å²) >= 11 is 7.90. The van der Waals surface area contributed by atoms with Crippen molar-refractivity contribution in [3.8, 4) is 16.2 Å². The highest BCUT2D eigenvalue weighted by Crippen LogP contribution is 2.41. The third-order valence-corrected chi connectivity index (χ3v) is 7.07. The van der Waals surface area contributed by atoms with Crippen molar-refractivity contribution in [3.05, 3.63) is 39.7 Å². The van der Waals surface area contributed by atoms with Crippen LogP contribution < -0.4 is 10.1 Å². The van der Waals surface area contributed by atoms with Crippen LogP contribution in [-0.4, -0.2) is 47.7 Å². The van der Waals surface area contributed by atoms with Gasteiger partial charge in [-0.25, -0.2) is 0 Å². The number of likely N-dealkylation sites (tertiary alicyclic amines) is 1. The van der Waals surface area contributed by atoms with Gasteiger partial charge in [0.25, 0.3) is 0 Å². The molecule has 1 unspecified atom stereocenters. The minimum Gasteiger partial charge on any atom is -0.486 e. The van der Waals surface area contributed by atoms with Gasteiger partial charge in [0.15, 0.2) is 5.78 Å². The largest absolute Gasteiger partial charge is 0.486 e. The molecule has 30 heavy (non-hydrogen) atoms. The van der Waals surface area contributed by atoms with Gasteiger partial charge in [0.2, 0.25) is 11.8 Å². The lowest BCUT2D eigenvalue weighted by Gasteiger charge is -2.23. The van der Waals surface area contributed by atoms with Crippen molar-refractivity contribution < 1.29 is 19.1 Å². The first-order valence-corrected chi connectivity index (χ1v) is 11.2. The van der Waals surface area contributed by atoms with E-state index in [4.69, 9.17) is 16.3 Å². The fraction of sp³-hybridized carbons (Fsp3) is 0.409. The normalized spacial score (nSPS) is 20.0. The zero-order valence-corrected chi connectivity index (χ0v) is 18.4. The summed E-state index contributed by atoms with van der Waals surface area (Å²) in [5, 5.41) is 3.45. The molecule has 1 aromatic heterocycles. The fourth-order valence-corrected chi connectivity index (χ4v) is 5.25. The fourth-order valence-electron chi connectivity index (χ4n) is 4.07.